The maximum Gasteiger partial charge on any atom is 0.165 e. The molecule has 1 unspecified atom stereocenters. The molecule has 4 nitrogen and oxygen atoms in total. The summed E-state index contributed by atoms with van der Waals surface area (Å²) < 4.78 is 18.6. The van der Waals surface area contributed by atoms with Gasteiger partial charge in [0, 0.05) is 45.4 Å². The summed E-state index contributed by atoms with van der Waals surface area (Å²) in [4.78, 5) is 4.87. The monoisotopic (exact) mass is 324 g/mol. The Hall–Kier alpha value is -1.17. The van der Waals surface area contributed by atoms with Crippen molar-refractivity contribution in [2.24, 2.45) is 5.92 Å². The van der Waals surface area contributed by atoms with E-state index >= 15 is 0 Å². The first-order valence-electron chi connectivity index (χ1n) is 8.43. The predicted molar refractivity (Wildman–Crippen MR) is 90.1 cm³/mol. The van der Waals surface area contributed by atoms with Crippen LogP contribution in [-0.4, -0.2) is 60.8 Å². The lowest BCUT2D eigenvalue weighted by Gasteiger charge is -2.42. The van der Waals surface area contributed by atoms with E-state index in [1.165, 1.54) is 13.2 Å². The van der Waals surface area contributed by atoms with Gasteiger partial charge in [0.05, 0.1) is 7.11 Å². The second kappa shape index (κ2) is 8.62. The van der Waals surface area contributed by atoms with E-state index in [0.717, 1.165) is 44.7 Å². The minimum absolute atomic E-state index is 0.220. The summed E-state index contributed by atoms with van der Waals surface area (Å²) in [7, 11) is 1.49. The summed E-state index contributed by atoms with van der Waals surface area (Å²) >= 11 is 0. The highest BCUT2D eigenvalue weighted by Gasteiger charge is 2.27. The van der Waals surface area contributed by atoms with E-state index in [2.05, 4.69) is 23.6 Å². The first-order chi connectivity index (χ1) is 11.0. The average Bonchev–Trinajstić information content (AvgIpc) is 2.51. The van der Waals surface area contributed by atoms with Crippen LogP contribution in [0.5, 0.6) is 5.75 Å². The van der Waals surface area contributed by atoms with Gasteiger partial charge in [0.1, 0.15) is 0 Å². The highest BCUT2D eigenvalue weighted by molar-refractivity contribution is 5.30. The fourth-order valence-corrected chi connectivity index (χ4v) is 3.29. The number of rotatable bonds is 7. The first kappa shape index (κ1) is 18.2. The Balaban J connectivity index is 1.99. The zero-order chi connectivity index (χ0) is 16.8. The molecule has 1 saturated heterocycles. The highest BCUT2D eigenvalue weighted by atomic mass is 19.1. The summed E-state index contributed by atoms with van der Waals surface area (Å²) in [5, 5.41) is 9.34. The van der Waals surface area contributed by atoms with Crippen LogP contribution >= 0.6 is 0 Å². The van der Waals surface area contributed by atoms with Crippen LogP contribution in [0.15, 0.2) is 18.2 Å². The van der Waals surface area contributed by atoms with Crippen LogP contribution in [0.25, 0.3) is 0 Å². The number of aliphatic hydroxyl groups excluding tert-OH is 1. The Morgan fingerprint density at radius 2 is 2.13 bits per heavy atom. The third kappa shape index (κ3) is 5.16. The SMILES string of the molecule is COc1cc(CN2CCN(CC(C)C)C(CCO)C2)ccc1F. The fraction of sp³-hybridized carbons (Fsp3) is 0.667. The van der Waals surface area contributed by atoms with Crippen molar-refractivity contribution in [1.29, 1.82) is 0 Å². The third-order valence-electron chi connectivity index (χ3n) is 4.37. The van der Waals surface area contributed by atoms with Crippen LogP contribution < -0.4 is 4.74 Å². The van der Waals surface area contributed by atoms with Gasteiger partial charge >= 0.3 is 0 Å². The van der Waals surface area contributed by atoms with E-state index in [4.69, 9.17) is 4.74 Å². The van der Waals surface area contributed by atoms with Crippen molar-refractivity contribution in [2.75, 3.05) is 39.9 Å². The second-order valence-electron chi connectivity index (χ2n) is 6.76. The number of benzene rings is 1. The molecule has 0 saturated carbocycles. The van der Waals surface area contributed by atoms with Crippen molar-refractivity contribution in [3.8, 4) is 5.75 Å². The normalized spacial score (nSPS) is 20.2. The second-order valence-corrected chi connectivity index (χ2v) is 6.76. The third-order valence-corrected chi connectivity index (χ3v) is 4.37. The molecule has 2 rings (SSSR count). The largest absolute Gasteiger partial charge is 0.494 e. The van der Waals surface area contributed by atoms with Gasteiger partial charge in [-0.25, -0.2) is 4.39 Å². The van der Waals surface area contributed by atoms with Crippen molar-refractivity contribution >= 4 is 0 Å². The summed E-state index contributed by atoms with van der Waals surface area (Å²) in [6.45, 7) is 9.48. The van der Waals surface area contributed by atoms with Crippen molar-refractivity contribution in [2.45, 2.75) is 32.9 Å². The van der Waals surface area contributed by atoms with Crippen LogP contribution in [0.1, 0.15) is 25.8 Å². The van der Waals surface area contributed by atoms with Crippen molar-refractivity contribution in [3.63, 3.8) is 0 Å². The van der Waals surface area contributed by atoms with Gasteiger partial charge in [-0.05, 0) is 30.0 Å². The molecule has 1 aliphatic rings. The van der Waals surface area contributed by atoms with Gasteiger partial charge in [0.25, 0.3) is 0 Å². The Morgan fingerprint density at radius 1 is 1.35 bits per heavy atom. The molecule has 130 valence electrons. The van der Waals surface area contributed by atoms with E-state index in [0.29, 0.717) is 17.7 Å². The van der Waals surface area contributed by atoms with Gasteiger partial charge in [-0.2, -0.15) is 0 Å². The molecule has 0 radical (unpaired) electrons. The number of ether oxygens (including phenoxy) is 1. The van der Waals surface area contributed by atoms with E-state index < -0.39 is 0 Å². The number of nitrogens with zero attached hydrogens (tertiary/aromatic N) is 2. The number of aliphatic hydroxyl groups is 1. The predicted octanol–water partition coefficient (Wildman–Crippen LogP) is 2.36. The molecular weight excluding hydrogens is 295 g/mol. The van der Waals surface area contributed by atoms with Gasteiger partial charge in [0.2, 0.25) is 0 Å². The molecule has 0 aliphatic carbocycles. The lowest BCUT2D eigenvalue weighted by Crippen LogP contribution is -2.53. The lowest BCUT2D eigenvalue weighted by molar-refractivity contribution is 0.0476. The minimum atomic E-state index is -0.323. The maximum atomic E-state index is 13.5. The smallest absolute Gasteiger partial charge is 0.165 e. The number of hydrogen-bond acceptors (Lipinski definition) is 4. The van der Waals surface area contributed by atoms with Crippen LogP contribution in [-0.2, 0) is 6.54 Å². The average molecular weight is 324 g/mol. The summed E-state index contributed by atoms with van der Waals surface area (Å²) in [5.74, 6) is 0.605. The van der Waals surface area contributed by atoms with E-state index in [-0.39, 0.29) is 12.4 Å². The van der Waals surface area contributed by atoms with Gasteiger partial charge in [-0.1, -0.05) is 19.9 Å². The van der Waals surface area contributed by atoms with Gasteiger partial charge in [-0.15, -0.1) is 0 Å². The molecule has 1 heterocycles. The molecule has 1 atom stereocenters. The van der Waals surface area contributed by atoms with Crippen LogP contribution in [0.4, 0.5) is 4.39 Å². The lowest BCUT2D eigenvalue weighted by atomic mass is 10.1. The number of halogens is 1. The number of hydrogen-bond donors (Lipinski definition) is 1. The summed E-state index contributed by atoms with van der Waals surface area (Å²) in [5.41, 5.74) is 1.06. The topological polar surface area (TPSA) is 35.9 Å². The fourth-order valence-electron chi connectivity index (χ4n) is 3.29. The summed E-state index contributed by atoms with van der Waals surface area (Å²) in [6, 6.07) is 5.45. The number of piperazine rings is 1. The zero-order valence-corrected chi connectivity index (χ0v) is 14.5. The van der Waals surface area contributed by atoms with Crippen LogP contribution in [0, 0.1) is 11.7 Å². The minimum Gasteiger partial charge on any atom is -0.494 e. The molecule has 0 amide bonds. The molecule has 0 bridgehead atoms. The molecule has 5 heteroatoms. The Bertz CT molecular complexity index is 496. The standard InChI is InChI=1S/C18H29FN2O2/c1-14(2)11-21-8-7-20(13-16(21)6-9-22)12-15-4-5-17(19)18(10-15)23-3/h4-5,10,14,16,22H,6-9,11-13H2,1-3H3. The molecule has 1 aromatic rings. The van der Waals surface area contributed by atoms with Crippen molar-refractivity contribution in [3.05, 3.63) is 29.6 Å². The van der Waals surface area contributed by atoms with Crippen molar-refractivity contribution < 1.29 is 14.2 Å². The van der Waals surface area contributed by atoms with Crippen LogP contribution in [0.3, 0.4) is 0 Å². The highest BCUT2D eigenvalue weighted by Crippen LogP contribution is 2.21. The molecule has 23 heavy (non-hydrogen) atoms. The Morgan fingerprint density at radius 3 is 2.78 bits per heavy atom. The maximum absolute atomic E-state index is 13.5. The van der Waals surface area contributed by atoms with Gasteiger partial charge < -0.3 is 9.84 Å². The molecule has 1 fully saturated rings. The molecular formula is C18H29FN2O2. The Kier molecular flexibility index (Phi) is 6.81. The van der Waals surface area contributed by atoms with Crippen LogP contribution in [0.2, 0.25) is 0 Å². The quantitative estimate of drug-likeness (QED) is 0.835. The molecule has 1 N–H and O–H groups in total. The molecule has 0 aromatic heterocycles. The van der Waals surface area contributed by atoms with E-state index in [1.54, 1.807) is 6.07 Å². The summed E-state index contributed by atoms with van der Waals surface area (Å²) in [6.07, 6.45) is 0.802. The zero-order valence-electron chi connectivity index (χ0n) is 14.5. The Labute approximate surface area is 138 Å². The molecule has 1 aromatic carbocycles. The van der Waals surface area contributed by atoms with Crippen molar-refractivity contribution in [1.82, 2.24) is 9.80 Å². The van der Waals surface area contributed by atoms with Gasteiger partial charge in [-0.3, -0.25) is 9.80 Å². The molecule has 1 aliphatic heterocycles. The number of methoxy groups -OCH3 is 1. The van der Waals surface area contributed by atoms with Gasteiger partial charge in [0.15, 0.2) is 11.6 Å². The molecule has 0 spiro atoms. The first-order valence-corrected chi connectivity index (χ1v) is 8.43. The van der Waals surface area contributed by atoms with E-state index in [9.17, 15) is 9.50 Å². The van der Waals surface area contributed by atoms with E-state index in [1.807, 2.05) is 6.07 Å².